The lowest BCUT2D eigenvalue weighted by Crippen LogP contribution is -2.57. The number of likely N-dealkylation sites (tertiary alicyclic amines) is 1. The van der Waals surface area contributed by atoms with Crippen molar-refractivity contribution < 1.29 is 52.1 Å². The zero-order valence-corrected chi connectivity index (χ0v) is 23.1. The number of alkyl halides is 3. The van der Waals surface area contributed by atoms with Crippen LogP contribution < -0.4 is 15.5 Å². The van der Waals surface area contributed by atoms with E-state index >= 15 is 0 Å². The maximum Gasteiger partial charge on any atom is 0.490 e. The van der Waals surface area contributed by atoms with Crippen LogP contribution >= 0.6 is 0 Å². The topological polar surface area (TPSA) is 167 Å². The molecule has 1 aliphatic rings. The normalized spacial score (nSPS) is 16.4. The zero-order valence-electron chi connectivity index (χ0n) is 23.1. The number of hydroxylamine groups is 1. The van der Waals surface area contributed by atoms with Crippen molar-refractivity contribution in [3.63, 3.8) is 0 Å². The highest BCUT2D eigenvalue weighted by Crippen LogP contribution is 2.22. The summed E-state index contributed by atoms with van der Waals surface area (Å²) >= 11 is 0. The Labute approximate surface area is 243 Å². The number of halogens is 3. The van der Waals surface area contributed by atoms with E-state index in [0.717, 1.165) is 22.2 Å². The molecule has 1 fully saturated rings. The third-order valence-corrected chi connectivity index (χ3v) is 6.49. The van der Waals surface area contributed by atoms with Gasteiger partial charge >= 0.3 is 18.2 Å². The van der Waals surface area contributed by atoms with Crippen LogP contribution in [0.2, 0.25) is 0 Å². The number of nitrogens with one attached hydrogen (secondary N) is 2. The van der Waals surface area contributed by atoms with Gasteiger partial charge in [0.05, 0.1) is 24.6 Å². The Morgan fingerprint density at radius 1 is 1.09 bits per heavy atom. The number of carboxylic acid groups (broad SMARTS) is 1. The second kappa shape index (κ2) is 14.3. The number of rotatable bonds is 6. The molecule has 1 aliphatic heterocycles. The molecule has 0 spiro atoms. The molecular formula is C28H29F3N4O8. The van der Waals surface area contributed by atoms with Gasteiger partial charge in [-0.3, -0.25) is 19.8 Å². The predicted molar refractivity (Wildman–Crippen MR) is 144 cm³/mol. The maximum atomic E-state index is 12.9. The molecule has 1 saturated heterocycles. The Bertz CT molecular complexity index is 1470. The minimum Gasteiger partial charge on any atom is -0.489 e. The second-order valence-corrected chi connectivity index (χ2v) is 9.42. The highest BCUT2D eigenvalue weighted by Gasteiger charge is 2.38. The van der Waals surface area contributed by atoms with E-state index < -0.39 is 42.0 Å². The molecule has 0 radical (unpaired) electrons. The van der Waals surface area contributed by atoms with Crippen molar-refractivity contribution in [2.24, 2.45) is 5.92 Å². The fraction of sp³-hybridized carbons (Fsp3) is 0.321. The van der Waals surface area contributed by atoms with Crippen LogP contribution in [0.5, 0.6) is 5.75 Å². The number of carboxylic acids is 1. The summed E-state index contributed by atoms with van der Waals surface area (Å²) in [5.41, 5.74) is 4.83. The number of aryl methyl sites for hydroxylation is 1. The Balaban J connectivity index is 0.000000646. The fourth-order valence-electron chi connectivity index (χ4n) is 4.42. The summed E-state index contributed by atoms with van der Waals surface area (Å²) in [4.78, 5) is 51.8. The largest absolute Gasteiger partial charge is 0.490 e. The van der Waals surface area contributed by atoms with Crippen molar-refractivity contribution in [2.75, 3.05) is 20.2 Å². The summed E-state index contributed by atoms with van der Waals surface area (Å²) in [5.74, 6) is -3.89. The van der Waals surface area contributed by atoms with Crippen molar-refractivity contribution in [1.29, 1.82) is 0 Å². The Hall–Kier alpha value is -4.92. The van der Waals surface area contributed by atoms with E-state index in [4.69, 9.17) is 24.6 Å². The first-order valence-corrected chi connectivity index (χ1v) is 12.8. The van der Waals surface area contributed by atoms with Gasteiger partial charge in [0.25, 0.3) is 5.91 Å². The maximum absolute atomic E-state index is 12.9. The molecule has 230 valence electrons. The lowest BCUT2D eigenvalue weighted by molar-refractivity contribution is -0.192. The number of para-hydroxylation sites is 1. The average molecular weight is 607 g/mol. The van der Waals surface area contributed by atoms with E-state index in [2.05, 4.69) is 10.3 Å². The molecule has 2 atom stereocenters. The molecule has 12 nitrogen and oxygen atoms in total. The number of hydrogen-bond acceptors (Lipinski definition) is 8. The van der Waals surface area contributed by atoms with Crippen LogP contribution in [0.15, 0.2) is 54.6 Å². The number of carbonyl (C=O) groups excluding carboxylic acids is 3. The van der Waals surface area contributed by atoms with Gasteiger partial charge in [-0.2, -0.15) is 13.2 Å². The third-order valence-electron chi connectivity index (χ3n) is 6.49. The van der Waals surface area contributed by atoms with Gasteiger partial charge in [-0.25, -0.2) is 15.1 Å². The van der Waals surface area contributed by atoms with E-state index in [1.165, 1.54) is 12.0 Å². The van der Waals surface area contributed by atoms with E-state index in [1.807, 2.05) is 37.3 Å². The number of carbonyl (C=O) groups is 4. The highest BCUT2D eigenvalue weighted by atomic mass is 19.4. The molecule has 0 unspecified atom stereocenters. The number of aliphatic carboxylic acids is 1. The molecule has 1 aromatic heterocycles. The summed E-state index contributed by atoms with van der Waals surface area (Å²) in [6.07, 6.45) is -5.36. The number of hydrogen-bond donors (Lipinski definition) is 4. The number of pyridine rings is 1. The monoisotopic (exact) mass is 606 g/mol. The standard InChI is InChI=1S/C26H28N4O6.C2HF3O2/c1-16-13-18(20-5-3-4-6-22(20)27-16)15-36-19-9-7-17(8-10-19)24(31)28-23-14-30(26(33)35-2)12-11-21(23)25(32)29-34;3-2(4,5)1(6)7/h3-10,13,21,23,34H,11-12,14-15H2,1-2H3,(H,28,31)(H,29,32);(H,6,7)/t21-,23+;/m0./s1. The molecular weight excluding hydrogens is 577 g/mol. The van der Waals surface area contributed by atoms with Crippen molar-refractivity contribution >= 4 is 34.8 Å². The second-order valence-electron chi connectivity index (χ2n) is 9.42. The van der Waals surface area contributed by atoms with Crippen LogP contribution in [0.1, 0.15) is 28.0 Å². The number of amides is 3. The predicted octanol–water partition coefficient (Wildman–Crippen LogP) is 3.45. The minimum atomic E-state index is -5.08. The highest BCUT2D eigenvalue weighted by molar-refractivity contribution is 5.95. The molecule has 15 heteroatoms. The number of ether oxygens (including phenoxy) is 2. The molecule has 2 aromatic carbocycles. The molecule has 3 amide bonds. The number of benzene rings is 2. The summed E-state index contributed by atoms with van der Waals surface area (Å²) in [5, 5.41) is 20.0. The van der Waals surface area contributed by atoms with Crippen LogP contribution in [-0.4, -0.2) is 76.5 Å². The summed E-state index contributed by atoms with van der Waals surface area (Å²) in [6.45, 7) is 2.64. The van der Waals surface area contributed by atoms with E-state index in [1.54, 1.807) is 29.7 Å². The summed E-state index contributed by atoms with van der Waals surface area (Å²) in [6, 6.07) is 15.8. The van der Waals surface area contributed by atoms with Crippen molar-refractivity contribution in [1.82, 2.24) is 20.7 Å². The lowest BCUT2D eigenvalue weighted by Gasteiger charge is -2.37. The lowest BCUT2D eigenvalue weighted by atomic mass is 9.90. The fourth-order valence-corrected chi connectivity index (χ4v) is 4.42. The van der Waals surface area contributed by atoms with Crippen LogP contribution in [0, 0.1) is 12.8 Å². The van der Waals surface area contributed by atoms with Crippen molar-refractivity contribution in [3.8, 4) is 5.75 Å². The van der Waals surface area contributed by atoms with Gasteiger partial charge in [0.2, 0.25) is 5.91 Å². The van der Waals surface area contributed by atoms with Crippen molar-refractivity contribution in [2.45, 2.75) is 32.2 Å². The number of aromatic nitrogens is 1. The average Bonchev–Trinajstić information content (AvgIpc) is 2.99. The summed E-state index contributed by atoms with van der Waals surface area (Å²) < 4.78 is 42.4. The number of fused-ring (bicyclic) bond motifs is 1. The molecule has 0 bridgehead atoms. The first kappa shape index (κ1) is 32.6. The minimum absolute atomic E-state index is 0.0804. The smallest absolute Gasteiger partial charge is 0.489 e. The molecule has 3 aromatic rings. The van der Waals surface area contributed by atoms with Crippen molar-refractivity contribution in [3.05, 3.63) is 71.4 Å². The molecule has 43 heavy (non-hydrogen) atoms. The van der Waals surface area contributed by atoms with Gasteiger partial charge < -0.3 is 24.8 Å². The molecule has 0 aliphatic carbocycles. The molecule has 4 N–H and O–H groups in total. The Kier molecular flexibility index (Phi) is 10.8. The van der Waals surface area contributed by atoms with Gasteiger partial charge in [0, 0.05) is 35.3 Å². The van der Waals surface area contributed by atoms with Gasteiger partial charge in [-0.05, 0) is 49.7 Å². The van der Waals surface area contributed by atoms with Crippen LogP contribution in [0.25, 0.3) is 10.9 Å². The first-order valence-electron chi connectivity index (χ1n) is 12.8. The first-order chi connectivity index (χ1) is 20.3. The molecule has 2 heterocycles. The van der Waals surface area contributed by atoms with E-state index in [0.29, 0.717) is 17.9 Å². The zero-order chi connectivity index (χ0) is 31.7. The SMILES string of the molecule is COC(=O)N1CC[C@H](C(=O)NO)[C@H](NC(=O)c2ccc(OCc3cc(C)nc4ccccc34)cc2)C1.O=C(O)C(F)(F)F. The van der Waals surface area contributed by atoms with E-state index in [-0.39, 0.29) is 19.5 Å². The number of methoxy groups -OCH3 is 1. The Morgan fingerprint density at radius 3 is 2.35 bits per heavy atom. The summed E-state index contributed by atoms with van der Waals surface area (Å²) in [7, 11) is 1.27. The Morgan fingerprint density at radius 2 is 1.74 bits per heavy atom. The van der Waals surface area contributed by atoms with Gasteiger partial charge in [-0.1, -0.05) is 18.2 Å². The molecule has 0 saturated carbocycles. The number of nitrogens with zero attached hydrogens (tertiary/aromatic N) is 2. The van der Waals surface area contributed by atoms with Gasteiger partial charge in [0.15, 0.2) is 0 Å². The molecule has 4 rings (SSSR count). The van der Waals surface area contributed by atoms with E-state index in [9.17, 15) is 27.6 Å². The van der Waals surface area contributed by atoms with Crippen LogP contribution in [0.4, 0.5) is 18.0 Å². The quantitative estimate of drug-likeness (QED) is 0.243. The van der Waals surface area contributed by atoms with Crippen LogP contribution in [0.3, 0.4) is 0 Å². The number of piperidine rings is 1. The van der Waals surface area contributed by atoms with Gasteiger partial charge in [-0.15, -0.1) is 0 Å². The van der Waals surface area contributed by atoms with Crippen LogP contribution in [-0.2, 0) is 20.9 Å². The van der Waals surface area contributed by atoms with Gasteiger partial charge in [0.1, 0.15) is 12.4 Å². The third kappa shape index (κ3) is 8.78.